The van der Waals surface area contributed by atoms with E-state index < -0.39 is 12.4 Å². The summed E-state index contributed by atoms with van der Waals surface area (Å²) in [4.78, 5) is 14.2. The Labute approximate surface area is 230 Å². The van der Waals surface area contributed by atoms with Crippen molar-refractivity contribution in [1.82, 2.24) is 10.2 Å². The molecule has 3 aromatic rings. The van der Waals surface area contributed by atoms with E-state index in [2.05, 4.69) is 15.5 Å². The Morgan fingerprint density at radius 1 is 1.03 bits per heavy atom. The predicted octanol–water partition coefficient (Wildman–Crippen LogP) is 4.92. The Morgan fingerprint density at radius 3 is 2.46 bits per heavy atom. The van der Waals surface area contributed by atoms with Gasteiger partial charge in [0.25, 0.3) is 0 Å². The Morgan fingerprint density at radius 2 is 1.77 bits per heavy atom. The molecule has 0 aliphatic carbocycles. The van der Waals surface area contributed by atoms with Crippen LogP contribution < -0.4 is 10.6 Å². The molecule has 0 spiro atoms. The number of ether oxygens (including phenoxy) is 2. The average molecular weight is 534 g/mol. The highest BCUT2D eigenvalue weighted by Crippen LogP contribution is 2.39. The molecule has 0 saturated carbocycles. The second-order valence-electron chi connectivity index (χ2n) is 10.00. The van der Waals surface area contributed by atoms with E-state index in [9.17, 15) is 15.0 Å². The second kappa shape index (κ2) is 13.7. The van der Waals surface area contributed by atoms with Crippen LogP contribution in [-0.2, 0) is 16.1 Å². The Balaban J connectivity index is 1.53. The van der Waals surface area contributed by atoms with Gasteiger partial charge in [-0.15, -0.1) is 0 Å². The van der Waals surface area contributed by atoms with Crippen LogP contribution in [0.25, 0.3) is 0 Å². The lowest BCUT2D eigenvalue weighted by Gasteiger charge is -2.39. The largest absolute Gasteiger partial charge is 0.392 e. The maximum absolute atomic E-state index is 12.1. The van der Waals surface area contributed by atoms with Crippen molar-refractivity contribution in [1.29, 1.82) is 0 Å². The number of aliphatic hydroxyl groups is 2. The first-order chi connectivity index (χ1) is 18.9. The minimum Gasteiger partial charge on any atom is -0.392 e. The van der Waals surface area contributed by atoms with Crippen LogP contribution in [0.1, 0.15) is 61.0 Å². The number of anilines is 1. The average Bonchev–Trinajstić information content (AvgIpc) is 2.97. The summed E-state index contributed by atoms with van der Waals surface area (Å²) in [5, 5.41) is 26.0. The Hall–Kier alpha value is -3.27. The van der Waals surface area contributed by atoms with Crippen LogP contribution >= 0.6 is 0 Å². The molecule has 4 rings (SSSR count). The molecule has 0 unspecified atom stereocenters. The third-order valence-electron chi connectivity index (χ3n) is 7.15. The number of benzene rings is 3. The maximum Gasteiger partial charge on any atom is 0.319 e. The lowest BCUT2D eigenvalue weighted by atomic mass is 9.98. The van der Waals surface area contributed by atoms with Crippen LogP contribution in [0.3, 0.4) is 0 Å². The number of aliphatic hydroxyl groups excluding tert-OH is 2. The van der Waals surface area contributed by atoms with Crippen LogP contribution in [0, 0.1) is 0 Å². The SMILES string of the molecule is CCNC(=O)Nc1cccc([C@H]2O[C@@H](CN(C)[C@H](C)[C@@H](O)c3ccccc3)C[C@@H](c3ccc(CO)cc3)O2)c1. The molecule has 2 amide bonds. The molecule has 208 valence electrons. The fourth-order valence-electron chi connectivity index (χ4n) is 4.79. The smallest absolute Gasteiger partial charge is 0.319 e. The van der Waals surface area contributed by atoms with Gasteiger partial charge in [-0.05, 0) is 49.7 Å². The van der Waals surface area contributed by atoms with Crippen molar-refractivity contribution in [3.05, 3.63) is 101 Å². The molecule has 5 atom stereocenters. The number of amides is 2. The highest BCUT2D eigenvalue weighted by molar-refractivity contribution is 5.89. The minimum absolute atomic E-state index is 0.0159. The van der Waals surface area contributed by atoms with Crippen LogP contribution in [0.5, 0.6) is 0 Å². The van der Waals surface area contributed by atoms with Gasteiger partial charge < -0.3 is 30.3 Å². The van der Waals surface area contributed by atoms with Gasteiger partial charge in [-0.2, -0.15) is 0 Å². The summed E-state index contributed by atoms with van der Waals surface area (Å²) >= 11 is 0. The number of nitrogens with one attached hydrogen (secondary N) is 2. The summed E-state index contributed by atoms with van der Waals surface area (Å²) < 4.78 is 12.9. The molecule has 0 bridgehead atoms. The first-order valence-corrected chi connectivity index (χ1v) is 13.5. The summed E-state index contributed by atoms with van der Waals surface area (Å²) in [7, 11) is 1.99. The first-order valence-electron chi connectivity index (χ1n) is 13.5. The highest BCUT2D eigenvalue weighted by Gasteiger charge is 2.34. The fraction of sp³-hybridized carbons (Fsp3) is 0.387. The van der Waals surface area contributed by atoms with Gasteiger partial charge >= 0.3 is 6.03 Å². The van der Waals surface area contributed by atoms with Gasteiger partial charge in [0.1, 0.15) is 0 Å². The zero-order valence-corrected chi connectivity index (χ0v) is 22.8. The third-order valence-corrected chi connectivity index (χ3v) is 7.15. The van der Waals surface area contributed by atoms with Crippen molar-refractivity contribution in [2.45, 2.75) is 57.5 Å². The molecule has 1 saturated heterocycles. The number of rotatable bonds is 10. The van der Waals surface area contributed by atoms with E-state index >= 15 is 0 Å². The molecule has 8 heteroatoms. The van der Waals surface area contributed by atoms with Crippen molar-refractivity contribution in [3.63, 3.8) is 0 Å². The number of hydrogen-bond donors (Lipinski definition) is 4. The summed E-state index contributed by atoms with van der Waals surface area (Å²) in [5.74, 6) is 0. The lowest BCUT2D eigenvalue weighted by molar-refractivity contribution is -0.253. The number of urea groups is 1. The van der Waals surface area contributed by atoms with E-state index in [0.717, 1.165) is 22.3 Å². The van der Waals surface area contributed by atoms with Crippen molar-refractivity contribution in [2.24, 2.45) is 0 Å². The van der Waals surface area contributed by atoms with Gasteiger partial charge in [0, 0.05) is 36.8 Å². The Kier molecular flexibility index (Phi) is 10.1. The number of carbonyl (C=O) groups is 1. The molecule has 39 heavy (non-hydrogen) atoms. The number of likely N-dealkylation sites (N-methyl/N-ethyl adjacent to an activating group) is 1. The summed E-state index contributed by atoms with van der Waals surface area (Å²) in [5.41, 5.74) is 4.16. The fourth-order valence-corrected chi connectivity index (χ4v) is 4.79. The molecule has 1 aliphatic rings. The van der Waals surface area contributed by atoms with E-state index in [-0.39, 0.29) is 30.9 Å². The zero-order chi connectivity index (χ0) is 27.8. The van der Waals surface area contributed by atoms with Gasteiger partial charge in [0.15, 0.2) is 6.29 Å². The van der Waals surface area contributed by atoms with Crippen LogP contribution in [0.2, 0.25) is 0 Å². The zero-order valence-electron chi connectivity index (χ0n) is 22.8. The second-order valence-corrected chi connectivity index (χ2v) is 10.00. The number of nitrogens with zero attached hydrogens (tertiary/aromatic N) is 1. The topological polar surface area (TPSA) is 103 Å². The van der Waals surface area contributed by atoms with Crippen molar-refractivity contribution in [2.75, 3.05) is 25.5 Å². The molecular weight excluding hydrogens is 494 g/mol. The van der Waals surface area contributed by atoms with Crippen molar-refractivity contribution in [3.8, 4) is 0 Å². The Bertz CT molecular complexity index is 1190. The monoisotopic (exact) mass is 533 g/mol. The maximum atomic E-state index is 12.1. The van der Waals surface area contributed by atoms with E-state index in [1.165, 1.54) is 0 Å². The van der Waals surface area contributed by atoms with Gasteiger partial charge in [-0.1, -0.05) is 66.7 Å². The highest BCUT2D eigenvalue weighted by atomic mass is 16.7. The minimum atomic E-state index is -0.648. The van der Waals surface area contributed by atoms with E-state index in [4.69, 9.17) is 9.47 Å². The van der Waals surface area contributed by atoms with Crippen LogP contribution in [-0.4, -0.2) is 53.4 Å². The molecule has 1 fully saturated rings. The number of hydrogen-bond acceptors (Lipinski definition) is 6. The summed E-state index contributed by atoms with van der Waals surface area (Å²) in [6.07, 6.45) is -1.06. The molecule has 3 aromatic carbocycles. The predicted molar refractivity (Wildman–Crippen MR) is 151 cm³/mol. The van der Waals surface area contributed by atoms with Crippen LogP contribution in [0.15, 0.2) is 78.9 Å². The molecule has 4 N–H and O–H groups in total. The summed E-state index contributed by atoms with van der Waals surface area (Å²) in [6.45, 7) is 4.98. The van der Waals surface area contributed by atoms with Crippen LogP contribution in [0.4, 0.5) is 10.5 Å². The van der Waals surface area contributed by atoms with Crippen molar-refractivity contribution < 1.29 is 24.5 Å². The van der Waals surface area contributed by atoms with E-state index in [1.807, 2.05) is 99.8 Å². The van der Waals surface area contributed by atoms with E-state index in [1.54, 1.807) is 0 Å². The molecule has 0 aromatic heterocycles. The van der Waals surface area contributed by atoms with Gasteiger partial charge in [0.2, 0.25) is 0 Å². The van der Waals surface area contributed by atoms with Gasteiger partial charge in [-0.3, -0.25) is 4.90 Å². The van der Waals surface area contributed by atoms with Crippen molar-refractivity contribution >= 4 is 11.7 Å². The standard InChI is InChI=1S/C31H39N3O5/c1-4-32-31(37)33-26-12-8-11-25(17-26)30-38-27(18-28(39-30)23-15-13-22(20-35)14-16-23)19-34(3)21(2)29(36)24-9-6-5-7-10-24/h5-17,21,27-30,35-36H,4,18-20H2,1-3H3,(H2,32,33,37)/t21-,27-,28+,29-,30+/m1/s1. The third kappa shape index (κ3) is 7.65. The quantitative estimate of drug-likeness (QED) is 0.295. The summed E-state index contributed by atoms with van der Waals surface area (Å²) in [6, 6.07) is 24.5. The molecule has 1 aliphatic heterocycles. The van der Waals surface area contributed by atoms with Gasteiger partial charge in [0.05, 0.1) is 24.9 Å². The molecular formula is C31H39N3O5. The molecule has 0 radical (unpaired) electrons. The van der Waals surface area contributed by atoms with Gasteiger partial charge in [-0.25, -0.2) is 4.79 Å². The molecule has 1 heterocycles. The molecule has 8 nitrogen and oxygen atoms in total. The lowest BCUT2D eigenvalue weighted by Crippen LogP contribution is -2.43. The first kappa shape index (κ1) is 28.7. The van der Waals surface area contributed by atoms with E-state index in [0.29, 0.717) is 25.2 Å². The number of carbonyl (C=O) groups excluding carboxylic acids is 1. The normalized spacial score (nSPS) is 20.8.